The first kappa shape index (κ1) is 23.1. The predicted octanol–water partition coefficient (Wildman–Crippen LogP) is 6.58. The van der Waals surface area contributed by atoms with E-state index in [-0.39, 0.29) is 11.4 Å². The SMILES string of the molecule is C[C@@H]([C@H]1CC[C@H]2[C@@H]3CC[C@H]4C[C@@]5(CC[C@]4(C)[C@@H]3CC[C@]12C)c1ccccc1C(=O)N5C)N(C)C. The summed E-state index contributed by atoms with van der Waals surface area (Å²) in [4.78, 5) is 17.8. The molecule has 3 nitrogen and oxygen atoms in total. The molecule has 6 rings (SSSR count). The molecule has 1 amide bonds. The summed E-state index contributed by atoms with van der Waals surface area (Å²) in [5, 5.41) is 0. The molecule has 0 unspecified atom stereocenters. The van der Waals surface area contributed by atoms with Crippen molar-refractivity contribution < 1.29 is 4.79 Å². The highest BCUT2D eigenvalue weighted by Gasteiger charge is 2.63. The van der Waals surface area contributed by atoms with Gasteiger partial charge in [-0.3, -0.25) is 4.79 Å². The van der Waals surface area contributed by atoms with Crippen LogP contribution in [0.3, 0.4) is 0 Å². The molecule has 0 saturated heterocycles. The second-order valence-corrected chi connectivity index (χ2v) is 13.7. The van der Waals surface area contributed by atoms with E-state index in [9.17, 15) is 4.79 Å². The molecular formula is C31H46N2O. The molecule has 4 saturated carbocycles. The van der Waals surface area contributed by atoms with Crippen molar-refractivity contribution in [3.63, 3.8) is 0 Å². The van der Waals surface area contributed by atoms with Gasteiger partial charge >= 0.3 is 0 Å². The Morgan fingerprint density at radius 3 is 2.44 bits per heavy atom. The van der Waals surface area contributed by atoms with E-state index in [2.05, 4.69) is 69.9 Å². The second kappa shape index (κ2) is 7.58. The maximum absolute atomic E-state index is 13.2. The number of benzene rings is 1. The molecule has 0 aromatic heterocycles. The molecule has 1 heterocycles. The van der Waals surface area contributed by atoms with Gasteiger partial charge in [-0.25, -0.2) is 0 Å². The number of rotatable bonds is 2. The average Bonchev–Trinajstić information content (AvgIpc) is 3.28. The molecule has 3 heteroatoms. The molecule has 4 fully saturated rings. The summed E-state index contributed by atoms with van der Waals surface area (Å²) in [6, 6.07) is 9.17. The maximum atomic E-state index is 13.2. The molecule has 1 aromatic carbocycles. The third-order valence-electron chi connectivity index (χ3n) is 12.8. The van der Waals surface area contributed by atoms with Crippen molar-refractivity contribution in [3.05, 3.63) is 35.4 Å². The van der Waals surface area contributed by atoms with Crippen LogP contribution in [-0.2, 0) is 5.54 Å². The monoisotopic (exact) mass is 462 g/mol. The highest BCUT2D eigenvalue weighted by atomic mass is 16.2. The van der Waals surface area contributed by atoms with E-state index in [1.807, 2.05) is 6.07 Å². The van der Waals surface area contributed by atoms with Gasteiger partial charge in [0.05, 0.1) is 5.54 Å². The first-order valence-corrected chi connectivity index (χ1v) is 14.2. The molecule has 5 aliphatic rings. The lowest BCUT2D eigenvalue weighted by atomic mass is 9.43. The van der Waals surface area contributed by atoms with Gasteiger partial charge in [0.1, 0.15) is 0 Å². The Balaban J connectivity index is 1.28. The molecule has 1 aliphatic heterocycles. The van der Waals surface area contributed by atoms with E-state index in [1.54, 1.807) is 0 Å². The molecular weight excluding hydrogens is 416 g/mol. The number of carbonyl (C=O) groups is 1. The van der Waals surface area contributed by atoms with Crippen LogP contribution < -0.4 is 0 Å². The number of amides is 1. The fourth-order valence-corrected chi connectivity index (χ4v) is 10.6. The fraction of sp³-hybridized carbons (Fsp3) is 0.774. The predicted molar refractivity (Wildman–Crippen MR) is 139 cm³/mol. The van der Waals surface area contributed by atoms with Crippen molar-refractivity contribution in [2.75, 3.05) is 21.1 Å². The molecule has 0 N–H and O–H groups in total. The highest BCUT2D eigenvalue weighted by molar-refractivity contribution is 5.99. The Hall–Kier alpha value is -1.35. The number of hydrogen-bond acceptors (Lipinski definition) is 2. The lowest BCUT2D eigenvalue weighted by Gasteiger charge is -2.63. The van der Waals surface area contributed by atoms with Crippen molar-refractivity contribution in [3.8, 4) is 0 Å². The summed E-state index contributed by atoms with van der Waals surface area (Å²) in [7, 11) is 6.63. The van der Waals surface area contributed by atoms with Crippen LogP contribution in [-0.4, -0.2) is 42.9 Å². The van der Waals surface area contributed by atoms with Crippen LogP contribution >= 0.6 is 0 Å². The molecule has 0 bridgehead atoms. The Morgan fingerprint density at radius 1 is 0.941 bits per heavy atom. The summed E-state index contributed by atoms with van der Waals surface area (Å²) in [5.74, 6) is 4.56. The van der Waals surface area contributed by atoms with E-state index in [0.29, 0.717) is 16.9 Å². The van der Waals surface area contributed by atoms with Crippen LogP contribution in [0.25, 0.3) is 0 Å². The van der Waals surface area contributed by atoms with Gasteiger partial charge in [-0.05, 0) is 131 Å². The van der Waals surface area contributed by atoms with Gasteiger partial charge in [0.25, 0.3) is 5.91 Å². The van der Waals surface area contributed by atoms with Crippen LogP contribution in [0.15, 0.2) is 24.3 Å². The fourth-order valence-electron chi connectivity index (χ4n) is 10.6. The van der Waals surface area contributed by atoms with E-state index in [1.165, 1.54) is 56.9 Å². The van der Waals surface area contributed by atoms with Crippen LogP contribution in [0.4, 0.5) is 0 Å². The molecule has 1 spiro atoms. The smallest absolute Gasteiger partial charge is 0.254 e. The van der Waals surface area contributed by atoms with Gasteiger partial charge in [-0.1, -0.05) is 32.0 Å². The van der Waals surface area contributed by atoms with E-state index in [0.717, 1.165) is 41.6 Å². The van der Waals surface area contributed by atoms with Crippen LogP contribution in [0.2, 0.25) is 0 Å². The second-order valence-electron chi connectivity index (χ2n) is 13.7. The van der Waals surface area contributed by atoms with Crippen molar-refractivity contribution in [1.29, 1.82) is 0 Å². The van der Waals surface area contributed by atoms with Gasteiger partial charge in [-0.15, -0.1) is 0 Å². The standard InChI is InChI=1S/C31H46N2O/c1-20(32(4)5)24-13-14-25-22-12-11-21-19-31(27-10-8-7-9-23(27)28(34)33(31)6)18-17-29(21,2)26(22)15-16-30(24,25)3/h7-10,20-22,24-26H,11-19H2,1-6H3/t20-,21-,22-,24+,25-,26+,29-,30+,31-/m0/s1. The molecule has 0 radical (unpaired) electrons. The zero-order valence-corrected chi connectivity index (χ0v) is 22.4. The van der Waals surface area contributed by atoms with Gasteiger partial charge in [0.2, 0.25) is 0 Å². The lowest BCUT2D eigenvalue weighted by Crippen LogP contribution is -2.57. The topological polar surface area (TPSA) is 23.6 Å². The number of nitrogens with zero attached hydrogens (tertiary/aromatic N) is 2. The highest BCUT2D eigenvalue weighted by Crippen LogP contribution is 2.69. The number of carbonyl (C=O) groups excluding carboxylic acids is 1. The van der Waals surface area contributed by atoms with Crippen LogP contribution in [0.1, 0.15) is 94.5 Å². The minimum atomic E-state index is -0.0620. The zero-order chi connectivity index (χ0) is 24.0. The first-order chi connectivity index (χ1) is 16.1. The van der Waals surface area contributed by atoms with Crippen LogP contribution in [0.5, 0.6) is 0 Å². The van der Waals surface area contributed by atoms with Gasteiger partial charge in [-0.2, -0.15) is 0 Å². The normalized spacial score (nSPS) is 46.3. The van der Waals surface area contributed by atoms with Crippen LogP contribution in [0, 0.1) is 40.4 Å². The van der Waals surface area contributed by atoms with Crippen molar-refractivity contribution in [2.45, 2.75) is 90.1 Å². The van der Waals surface area contributed by atoms with Gasteiger partial charge < -0.3 is 9.80 Å². The Morgan fingerprint density at radius 2 is 1.68 bits per heavy atom. The van der Waals surface area contributed by atoms with E-state index in [4.69, 9.17) is 0 Å². The minimum absolute atomic E-state index is 0.0620. The molecule has 4 aliphatic carbocycles. The molecule has 9 atom stereocenters. The van der Waals surface area contributed by atoms with Gasteiger partial charge in [0.15, 0.2) is 0 Å². The minimum Gasteiger partial charge on any atom is -0.332 e. The van der Waals surface area contributed by atoms with Crippen molar-refractivity contribution in [2.24, 2.45) is 40.4 Å². The molecule has 1 aromatic rings. The Bertz CT molecular complexity index is 987. The first-order valence-electron chi connectivity index (χ1n) is 14.2. The number of fused-ring (bicyclic) bond motifs is 7. The quantitative estimate of drug-likeness (QED) is 0.496. The third-order valence-corrected chi connectivity index (χ3v) is 12.8. The average molecular weight is 463 g/mol. The Labute approximate surface area is 207 Å². The van der Waals surface area contributed by atoms with E-state index < -0.39 is 0 Å². The van der Waals surface area contributed by atoms with Crippen molar-refractivity contribution in [1.82, 2.24) is 9.80 Å². The van der Waals surface area contributed by atoms with Crippen molar-refractivity contribution >= 4 is 5.91 Å². The summed E-state index contributed by atoms with van der Waals surface area (Å²) in [6.45, 7) is 7.81. The summed E-state index contributed by atoms with van der Waals surface area (Å²) >= 11 is 0. The van der Waals surface area contributed by atoms with Gasteiger partial charge in [0, 0.05) is 18.7 Å². The molecule has 34 heavy (non-hydrogen) atoms. The van der Waals surface area contributed by atoms with E-state index >= 15 is 0 Å². The summed E-state index contributed by atoms with van der Waals surface area (Å²) < 4.78 is 0. The Kier molecular flexibility index (Phi) is 5.14. The lowest BCUT2D eigenvalue weighted by molar-refractivity contribution is -0.134. The third kappa shape index (κ3) is 2.83. The summed E-state index contributed by atoms with van der Waals surface area (Å²) in [5.41, 5.74) is 3.19. The largest absolute Gasteiger partial charge is 0.332 e. The summed E-state index contributed by atoms with van der Waals surface area (Å²) in [6.07, 6.45) is 12.1. The zero-order valence-electron chi connectivity index (χ0n) is 22.4. The number of hydrogen-bond donors (Lipinski definition) is 0. The maximum Gasteiger partial charge on any atom is 0.254 e. The molecule has 186 valence electrons.